The number of rotatable bonds is 5. The largest absolute Gasteiger partial charge is 0.462 e. The third kappa shape index (κ3) is 4.52. The minimum Gasteiger partial charge on any atom is -0.462 e. The van der Waals surface area contributed by atoms with Crippen molar-refractivity contribution in [3.8, 4) is 0 Å². The lowest BCUT2D eigenvalue weighted by molar-refractivity contribution is -0.138. The van der Waals surface area contributed by atoms with Gasteiger partial charge in [0.15, 0.2) is 0 Å². The number of ether oxygens (including phenoxy) is 1. The highest BCUT2D eigenvalue weighted by molar-refractivity contribution is 9.10. The molecule has 0 aliphatic carbocycles. The standard InChI is InChI=1S/C14H16BrNO3/c1-4-19-14(18)12(9-16(2)3)13(17)10-5-7-11(15)8-6-10/h5-9H,4H2,1-3H3/b12-9-. The van der Waals surface area contributed by atoms with Gasteiger partial charge in [0.05, 0.1) is 6.61 Å². The van der Waals surface area contributed by atoms with Gasteiger partial charge in [0.1, 0.15) is 5.57 Å². The Morgan fingerprint density at radius 1 is 1.26 bits per heavy atom. The summed E-state index contributed by atoms with van der Waals surface area (Å²) in [6.07, 6.45) is 1.47. The number of carbonyl (C=O) groups excluding carboxylic acids is 2. The molecule has 0 heterocycles. The lowest BCUT2D eigenvalue weighted by Gasteiger charge is -2.10. The highest BCUT2D eigenvalue weighted by Gasteiger charge is 2.21. The van der Waals surface area contributed by atoms with Gasteiger partial charge in [-0.2, -0.15) is 0 Å². The van der Waals surface area contributed by atoms with E-state index in [-0.39, 0.29) is 18.0 Å². The SMILES string of the molecule is CCOC(=O)/C(=C\N(C)C)C(=O)c1ccc(Br)cc1. The molecule has 5 heteroatoms. The van der Waals surface area contributed by atoms with Gasteiger partial charge in [-0.15, -0.1) is 0 Å². The summed E-state index contributed by atoms with van der Waals surface area (Å²) in [7, 11) is 3.49. The molecule has 4 nitrogen and oxygen atoms in total. The molecule has 0 bridgehead atoms. The predicted molar refractivity (Wildman–Crippen MR) is 76.9 cm³/mol. The number of esters is 1. The molecule has 0 aliphatic rings. The molecule has 0 fully saturated rings. The monoisotopic (exact) mass is 325 g/mol. The molecule has 102 valence electrons. The second kappa shape index (κ2) is 7.09. The minimum absolute atomic E-state index is 0.0224. The van der Waals surface area contributed by atoms with E-state index >= 15 is 0 Å². The summed E-state index contributed by atoms with van der Waals surface area (Å²) in [6, 6.07) is 6.83. The average molecular weight is 326 g/mol. The van der Waals surface area contributed by atoms with Gasteiger partial charge in [0.25, 0.3) is 0 Å². The summed E-state index contributed by atoms with van der Waals surface area (Å²) in [5.74, 6) is -0.955. The minimum atomic E-state index is -0.607. The lowest BCUT2D eigenvalue weighted by Crippen LogP contribution is -2.19. The van der Waals surface area contributed by atoms with Gasteiger partial charge in [-0.25, -0.2) is 4.79 Å². The topological polar surface area (TPSA) is 46.6 Å². The van der Waals surface area contributed by atoms with E-state index in [0.717, 1.165) is 4.47 Å². The molecule has 0 radical (unpaired) electrons. The second-order valence-electron chi connectivity index (χ2n) is 4.06. The molecule has 0 atom stereocenters. The zero-order chi connectivity index (χ0) is 14.4. The van der Waals surface area contributed by atoms with Crippen molar-refractivity contribution in [1.29, 1.82) is 0 Å². The van der Waals surface area contributed by atoms with Gasteiger partial charge in [-0.1, -0.05) is 15.9 Å². The first-order chi connectivity index (χ1) is 8.95. The first-order valence-electron chi connectivity index (χ1n) is 5.81. The fourth-order valence-electron chi connectivity index (χ4n) is 1.43. The van der Waals surface area contributed by atoms with E-state index in [9.17, 15) is 9.59 Å². The van der Waals surface area contributed by atoms with Crippen LogP contribution in [0.5, 0.6) is 0 Å². The van der Waals surface area contributed by atoms with Crippen molar-refractivity contribution in [2.45, 2.75) is 6.92 Å². The van der Waals surface area contributed by atoms with Gasteiger partial charge in [-0.05, 0) is 31.2 Å². The third-order valence-electron chi connectivity index (χ3n) is 2.23. The normalized spacial score (nSPS) is 11.1. The third-order valence-corrected chi connectivity index (χ3v) is 2.76. The van der Waals surface area contributed by atoms with Gasteiger partial charge in [-0.3, -0.25) is 4.79 Å². The van der Waals surface area contributed by atoms with Crippen LogP contribution < -0.4 is 0 Å². The Hall–Kier alpha value is -1.62. The maximum absolute atomic E-state index is 12.3. The number of hydrogen-bond acceptors (Lipinski definition) is 4. The van der Waals surface area contributed by atoms with Gasteiger partial charge >= 0.3 is 5.97 Å². The Morgan fingerprint density at radius 2 is 1.84 bits per heavy atom. The van der Waals surface area contributed by atoms with E-state index in [4.69, 9.17) is 4.74 Å². The van der Waals surface area contributed by atoms with E-state index in [1.807, 2.05) is 0 Å². The number of benzene rings is 1. The molecule has 0 aromatic heterocycles. The van der Waals surface area contributed by atoms with Crippen molar-refractivity contribution in [3.05, 3.63) is 46.1 Å². The zero-order valence-corrected chi connectivity index (χ0v) is 12.7. The van der Waals surface area contributed by atoms with Crippen LogP contribution in [0.15, 0.2) is 40.5 Å². The molecule has 1 aromatic rings. The first kappa shape index (κ1) is 15.4. The van der Waals surface area contributed by atoms with Crippen LogP contribution in [0.3, 0.4) is 0 Å². The molecular formula is C14H16BrNO3. The molecule has 0 saturated carbocycles. The summed E-state index contributed by atoms with van der Waals surface area (Å²) in [5, 5.41) is 0. The zero-order valence-electron chi connectivity index (χ0n) is 11.1. The van der Waals surface area contributed by atoms with E-state index in [1.54, 1.807) is 50.2 Å². The van der Waals surface area contributed by atoms with Crippen LogP contribution in [-0.2, 0) is 9.53 Å². The maximum atomic E-state index is 12.3. The van der Waals surface area contributed by atoms with Crippen LogP contribution in [-0.4, -0.2) is 37.4 Å². The molecule has 1 rings (SSSR count). The second-order valence-corrected chi connectivity index (χ2v) is 4.98. The molecule has 0 spiro atoms. The predicted octanol–water partition coefficient (Wildman–Crippen LogP) is 2.64. The van der Waals surface area contributed by atoms with Crippen LogP contribution in [0, 0.1) is 0 Å². The molecule has 0 saturated heterocycles. The fourth-order valence-corrected chi connectivity index (χ4v) is 1.69. The summed E-state index contributed by atoms with van der Waals surface area (Å²) >= 11 is 3.30. The van der Waals surface area contributed by atoms with Crippen LogP contribution in [0.1, 0.15) is 17.3 Å². The fraction of sp³-hybridized carbons (Fsp3) is 0.286. The Morgan fingerprint density at radius 3 is 2.32 bits per heavy atom. The van der Waals surface area contributed by atoms with Crippen molar-refractivity contribution in [1.82, 2.24) is 4.90 Å². The van der Waals surface area contributed by atoms with Crippen molar-refractivity contribution < 1.29 is 14.3 Å². The van der Waals surface area contributed by atoms with E-state index < -0.39 is 5.97 Å². The molecule has 0 N–H and O–H groups in total. The Labute approximate surface area is 121 Å². The smallest absolute Gasteiger partial charge is 0.343 e. The number of carbonyl (C=O) groups is 2. The maximum Gasteiger partial charge on any atom is 0.343 e. The van der Waals surface area contributed by atoms with E-state index in [2.05, 4.69) is 15.9 Å². The molecule has 0 aliphatic heterocycles. The van der Waals surface area contributed by atoms with Crippen LogP contribution in [0.25, 0.3) is 0 Å². The highest BCUT2D eigenvalue weighted by Crippen LogP contribution is 2.15. The van der Waals surface area contributed by atoms with Gasteiger partial charge in [0.2, 0.25) is 5.78 Å². The summed E-state index contributed by atoms with van der Waals surface area (Å²) < 4.78 is 5.78. The highest BCUT2D eigenvalue weighted by atomic mass is 79.9. The quantitative estimate of drug-likeness (QED) is 0.274. The van der Waals surface area contributed by atoms with Crippen LogP contribution >= 0.6 is 15.9 Å². The number of ketones is 1. The number of nitrogens with zero attached hydrogens (tertiary/aromatic N) is 1. The summed E-state index contributed by atoms with van der Waals surface area (Å²) in [6.45, 7) is 1.94. The summed E-state index contributed by atoms with van der Waals surface area (Å²) in [5.41, 5.74) is 0.471. The van der Waals surface area contributed by atoms with E-state index in [0.29, 0.717) is 5.56 Å². The van der Waals surface area contributed by atoms with Crippen LogP contribution in [0.4, 0.5) is 0 Å². The van der Waals surface area contributed by atoms with Crippen molar-refractivity contribution in [2.75, 3.05) is 20.7 Å². The first-order valence-corrected chi connectivity index (χ1v) is 6.60. The molecule has 0 amide bonds. The number of halogens is 1. The van der Waals surface area contributed by atoms with E-state index in [1.165, 1.54) is 6.20 Å². The lowest BCUT2D eigenvalue weighted by atomic mass is 10.0. The number of hydrogen-bond donors (Lipinski definition) is 0. The van der Waals surface area contributed by atoms with Crippen molar-refractivity contribution in [3.63, 3.8) is 0 Å². The van der Waals surface area contributed by atoms with Crippen LogP contribution in [0.2, 0.25) is 0 Å². The Balaban J connectivity index is 3.08. The van der Waals surface area contributed by atoms with Crippen molar-refractivity contribution in [2.24, 2.45) is 0 Å². The van der Waals surface area contributed by atoms with Gasteiger partial charge < -0.3 is 9.64 Å². The van der Waals surface area contributed by atoms with Gasteiger partial charge in [0, 0.05) is 30.3 Å². The average Bonchev–Trinajstić information content (AvgIpc) is 2.36. The number of Topliss-reactive ketones (excluding diaryl/α,β-unsaturated/α-hetero) is 1. The Bertz CT molecular complexity index is 492. The summed E-state index contributed by atoms with van der Waals surface area (Å²) in [4.78, 5) is 25.8. The molecule has 0 unspecified atom stereocenters. The molecular weight excluding hydrogens is 310 g/mol. The molecule has 1 aromatic carbocycles. The Kier molecular flexibility index (Phi) is 5.76. The van der Waals surface area contributed by atoms with Crippen molar-refractivity contribution >= 4 is 27.7 Å². The molecule has 19 heavy (non-hydrogen) atoms.